The number of hydrogen-bond donors (Lipinski definition) is 1. The largest absolute Gasteiger partial charge is 0.550 e. The topological polar surface area (TPSA) is 93.0 Å². The Morgan fingerprint density at radius 3 is 2.55 bits per heavy atom. The lowest BCUT2D eigenvalue weighted by molar-refractivity contribution is -0.313. The van der Waals surface area contributed by atoms with Crippen LogP contribution < -0.4 is 10.4 Å². The highest BCUT2D eigenvalue weighted by atomic mass is 32.1. The van der Waals surface area contributed by atoms with Crippen molar-refractivity contribution >= 4 is 28.2 Å². The van der Waals surface area contributed by atoms with E-state index in [9.17, 15) is 20.0 Å². The Balaban J connectivity index is 2.21. The zero-order valence-corrected chi connectivity index (χ0v) is 13.6. The molecule has 0 unspecified atom stereocenters. The minimum absolute atomic E-state index is 0.311. The molecule has 1 fully saturated rings. The van der Waals surface area contributed by atoms with Gasteiger partial charge in [0.1, 0.15) is 11.1 Å². The van der Waals surface area contributed by atoms with Gasteiger partial charge in [-0.05, 0) is 31.7 Å². The van der Waals surface area contributed by atoms with Crippen LogP contribution in [0, 0.1) is 30.1 Å². The summed E-state index contributed by atoms with van der Waals surface area (Å²) in [5, 5.41) is 23.8. The highest BCUT2D eigenvalue weighted by Gasteiger charge is 2.32. The highest BCUT2D eigenvalue weighted by molar-refractivity contribution is 7.16. The van der Waals surface area contributed by atoms with Gasteiger partial charge in [-0.3, -0.25) is 4.79 Å². The Hall–Kier alpha value is -1.87. The van der Waals surface area contributed by atoms with E-state index in [-0.39, 0.29) is 5.91 Å². The average Bonchev–Trinajstić information content (AvgIpc) is 2.81. The van der Waals surface area contributed by atoms with Crippen LogP contribution in [0.3, 0.4) is 0 Å². The third-order valence-corrected chi connectivity index (χ3v) is 5.38. The lowest BCUT2D eigenvalue weighted by atomic mass is 9.79. The number of carboxylic acids is 1. The van der Waals surface area contributed by atoms with Gasteiger partial charge in [-0.25, -0.2) is 0 Å². The van der Waals surface area contributed by atoms with E-state index in [0.29, 0.717) is 23.4 Å². The molecule has 0 radical (unpaired) electrons. The molecule has 0 bridgehead atoms. The number of aryl methyl sites for hydroxylation is 1. The van der Waals surface area contributed by atoms with Crippen LogP contribution >= 0.6 is 11.3 Å². The van der Waals surface area contributed by atoms with Crippen molar-refractivity contribution < 1.29 is 14.7 Å². The number of hydrogen-bond acceptors (Lipinski definition) is 5. The van der Waals surface area contributed by atoms with Gasteiger partial charge in [0.2, 0.25) is 5.91 Å². The third kappa shape index (κ3) is 3.14. The van der Waals surface area contributed by atoms with E-state index in [1.807, 2.05) is 13.8 Å². The summed E-state index contributed by atoms with van der Waals surface area (Å²) < 4.78 is 0. The van der Waals surface area contributed by atoms with Crippen molar-refractivity contribution in [2.24, 2.45) is 11.8 Å². The predicted molar refractivity (Wildman–Crippen MR) is 82.2 cm³/mol. The molecule has 1 aromatic rings. The number of carbonyl (C=O) groups excluding carboxylic acids is 2. The van der Waals surface area contributed by atoms with Crippen LogP contribution in [0.2, 0.25) is 0 Å². The number of anilines is 1. The summed E-state index contributed by atoms with van der Waals surface area (Å²) in [6.07, 6.45) is 3.42. The minimum Gasteiger partial charge on any atom is -0.550 e. The van der Waals surface area contributed by atoms with E-state index in [4.69, 9.17) is 0 Å². The Morgan fingerprint density at radius 1 is 1.36 bits per heavy atom. The first-order valence-electron chi connectivity index (χ1n) is 7.53. The molecule has 0 saturated heterocycles. The summed E-state index contributed by atoms with van der Waals surface area (Å²) in [6.45, 7) is 3.89. The number of aliphatic carboxylic acids is 1. The lowest BCUT2D eigenvalue weighted by Gasteiger charge is -2.31. The fourth-order valence-electron chi connectivity index (χ4n) is 3.14. The number of nitriles is 1. The molecule has 2 rings (SSSR count). The molecule has 1 heterocycles. The van der Waals surface area contributed by atoms with Crippen LogP contribution in [-0.2, 0) is 16.0 Å². The number of carboxylic acid groups (broad SMARTS) is 1. The quantitative estimate of drug-likeness (QED) is 0.918. The fraction of sp³-hybridized carbons (Fsp3) is 0.562. The summed E-state index contributed by atoms with van der Waals surface area (Å²) in [6, 6.07) is 2.15. The van der Waals surface area contributed by atoms with E-state index < -0.39 is 17.8 Å². The molecular weight excluding hydrogens is 300 g/mol. The van der Waals surface area contributed by atoms with Crippen molar-refractivity contribution in [3.05, 3.63) is 16.0 Å². The number of nitrogens with zero attached hydrogens (tertiary/aromatic N) is 1. The number of carbonyl (C=O) groups is 2. The molecule has 0 aromatic carbocycles. The molecule has 6 heteroatoms. The molecule has 0 aliphatic heterocycles. The number of amides is 1. The van der Waals surface area contributed by atoms with Gasteiger partial charge in [0.05, 0.1) is 5.56 Å². The number of thiophene rings is 1. The standard InChI is InChI=1S/C16H20N2O3S/c1-3-10-9(2)22-15(13(10)8-17)18-14(19)11-6-4-5-7-12(11)16(20)21/h11-12H,3-7H2,1-2H3,(H,18,19)(H,20,21)/p-1/t11-,12-/m1/s1. The van der Waals surface area contributed by atoms with E-state index in [1.54, 1.807) is 0 Å². The molecular formula is C16H19N2O3S-. The third-order valence-electron chi connectivity index (χ3n) is 4.32. The Kier molecular flexibility index (Phi) is 5.19. The smallest absolute Gasteiger partial charge is 0.228 e. The maximum absolute atomic E-state index is 12.5. The molecule has 1 saturated carbocycles. The monoisotopic (exact) mass is 319 g/mol. The first kappa shape index (κ1) is 16.5. The van der Waals surface area contributed by atoms with E-state index in [1.165, 1.54) is 11.3 Å². The van der Waals surface area contributed by atoms with Gasteiger partial charge < -0.3 is 15.2 Å². The summed E-state index contributed by atoms with van der Waals surface area (Å²) in [5.41, 5.74) is 1.45. The van der Waals surface area contributed by atoms with Crippen LogP contribution in [0.25, 0.3) is 0 Å². The number of nitrogens with one attached hydrogen (secondary N) is 1. The van der Waals surface area contributed by atoms with Gasteiger partial charge in [0, 0.05) is 22.7 Å². The molecule has 2 atom stereocenters. The average molecular weight is 319 g/mol. The van der Waals surface area contributed by atoms with Crippen LogP contribution in [0.15, 0.2) is 0 Å². The molecule has 5 nitrogen and oxygen atoms in total. The van der Waals surface area contributed by atoms with E-state index in [0.717, 1.165) is 29.7 Å². The van der Waals surface area contributed by atoms with Crippen molar-refractivity contribution in [1.82, 2.24) is 0 Å². The van der Waals surface area contributed by atoms with E-state index in [2.05, 4.69) is 11.4 Å². The van der Waals surface area contributed by atoms with Crippen LogP contribution in [0.5, 0.6) is 0 Å². The van der Waals surface area contributed by atoms with Gasteiger partial charge in [0.25, 0.3) is 0 Å². The highest BCUT2D eigenvalue weighted by Crippen LogP contribution is 2.35. The first-order valence-corrected chi connectivity index (χ1v) is 8.35. The maximum atomic E-state index is 12.5. The molecule has 118 valence electrons. The SMILES string of the molecule is CCc1c(C)sc(NC(=O)[C@@H]2CCCC[C@H]2C(=O)[O-])c1C#N. The molecule has 1 aliphatic rings. The zero-order valence-electron chi connectivity index (χ0n) is 12.8. The second-order valence-corrected chi connectivity index (χ2v) is 6.84. The first-order chi connectivity index (χ1) is 10.5. The Labute approximate surface area is 134 Å². The summed E-state index contributed by atoms with van der Waals surface area (Å²) in [7, 11) is 0. The summed E-state index contributed by atoms with van der Waals surface area (Å²) in [4.78, 5) is 24.7. The van der Waals surface area contributed by atoms with Crippen LogP contribution in [-0.4, -0.2) is 11.9 Å². The zero-order chi connectivity index (χ0) is 16.3. The lowest BCUT2D eigenvalue weighted by Crippen LogP contribution is -2.42. The van der Waals surface area contributed by atoms with Crippen molar-refractivity contribution in [2.75, 3.05) is 5.32 Å². The minimum atomic E-state index is -1.16. The van der Waals surface area contributed by atoms with Crippen LogP contribution in [0.1, 0.15) is 48.6 Å². The second kappa shape index (κ2) is 6.93. The van der Waals surface area contributed by atoms with Crippen molar-refractivity contribution in [3.8, 4) is 6.07 Å². The van der Waals surface area contributed by atoms with Gasteiger partial charge >= 0.3 is 0 Å². The second-order valence-electron chi connectivity index (χ2n) is 5.61. The molecule has 1 amide bonds. The predicted octanol–water partition coefficient (Wildman–Crippen LogP) is 1.99. The van der Waals surface area contributed by atoms with Gasteiger partial charge in [-0.2, -0.15) is 5.26 Å². The van der Waals surface area contributed by atoms with Crippen molar-refractivity contribution in [1.29, 1.82) is 5.26 Å². The molecule has 1 N–H and O–H groups in total. The van der Waals surface area contributed by atoms with Crippen molar-refractivity contribution in [3.63, 3.8) is 0 Å². The normalized spacial score (nSPS) is 21.1. The van der Waals surface area contributed by atoms with Crippen molar-refractivity contribution in [2.45, 2.75) is 46.0 Å². The summed E-state index contributed by atoms with van der Waals surface area (Å²) >= 11 is 1.37. The Bertz CT molecular complexity index is 630. The van der Waals surface area contributed by atoms with Crippen LogP contribution in [0.4, 0.5) is 5.00 Å². The molecule has 0 spiro atoms. The fourth-order valence-corrected chi connectivity index (χ4v) is 4.24. The molecule has 1 aliphatic carbocycles. The van der Waals surface area contributed by atoms with Gasteiger partial charge in [-0.15, -0.1) is 11.3 Å². The Morgan fingerprint density at radius 2 is 2.00 bits per heavy atom. The van der Waals surface area contributed by atoms with E-state index >= 15 is 0 Å². The molecule has 1 aromatic heterocycles. The number of rotatable bonds is 4. The maximum Gasteiger partial charge on any atom is 0.228 e. The molecule has 22 heavy (non-hydrogen) atoms. The summed E-state index contributed by atoms with van der Waals surface area (Å²) in [5.74, 6) is -2.77. The van der Waals surface area contributed by atoms with Gasteiger partial charge in [-0.1, -0.05) is 19.8 Å². The van der Waals surface area contributed by atoms with Gasteiger partial charge in [0.15, 0.2) is 0 Å².